The number of hydrogen-bond donors (Lipinski definition) is 0. The number of hydrogen-bond acceptors (Lipinski definition) is 2. The van der Waals surface area contributed by atoms with Crippen molar-refractivity contribution < 1.29 is 0 Å². The molecule has 1 aromatic heterocycles. The topological polar surface area (TPSA) is 12.9 Å². The third-order valence-corrected chi connectivity index (χ3v) is 7.10. The van der Waals surface area contributed by atoms with Crippen molar-refractivity contribution in [2.24, 2.45) is 11.3 Å². The molecule has 0 spiro atoms. The third kappa shape index (κ3) is 3.13. The number of rotatable bonds is 5. The highest BCUT2D eigenvalue weighted by molar-refractivity contribution is 9.09. The summed E-state index contributed by atoms with van der Waals surface area (Å²) >= 11 is 9.37. The van der Waals surface area contributed by atoms with E-state index in [4.69, 9.17) is 0 Å². The van der Waals surface area contributed by atoms with Crippen molar-refractivity contribution in [3.63, 3.8) is 0 Å². The summed E-state index contributed by atoms with van der Waals surface area (Å²) < 4.78 is 0. The lowest BCUT2D eigenvalue weighted by molar-refractivity contribution is 0.234. The SMILES string of the molecule is Cc1ncc(CC(CBr)(CBr)C2CCCC2)s1. The molecule has 2 rings (SSSR count). The van der Waals surface area contributed by atoms with Gasteiger partial charge < -0.3 is 0 Å². The molecule has 17 heavy (non-hydrogen) atoms. The van der Waals surface area contributed by atoms with Crippen LogP contribution in [0.2, 0.25) is 0 Å². The lowest BCUT2D eigenvalue weighted by Crippen LogP contribution is -2.35. The maximum Gasteiger partial charge on any atom is 0.0896 e. The molecule has 0 amide bonds. The molecule has 0 N–H and O–H groups in total. The summed E-state index contributed by atoms with van der Waals surface area (Å²) in [7, 11) is 0. The van der Waals surface area contributed by atoms with Gasteiger partial charge in [0.2, 0.25) is 0 Å². The molecule has 0 atom stereocenters. The second kappa shape index (κ2) is 6.16. The monoisotopic (exact) mass is 379 g/mol. The Morgan fingerprint density at radius 1 is 1.35 bits per heavy atom. The quantitative estimate of drug-likeness (QED) is 0.657. The van der Waals surface area contributed by atoms with Gasteiger partial charge in [0.15, 0.2) is 0 Å². The zero-order valence-electron chi connectivity index (χ0n) is 10.2. The summed E-state index contributed by atoms with van der Waals surface area (Å²) in [4.78, 5) is 5.82. The second-order valence-electron chi connectivity index (χ2n) is 5.13. The van der Waals surface area contributed by atoms with Crippen LogP contribution in [-0.4, -0.2) is 15.6 Å². The largest absolute Gasteiger partial charge is 0.250 e. The minimum Gasteiger partial charge on any atom is -0.250 e. The van der Waals surface area contributed by atoms with E-state index in [1.54, 1.807) is 0 Å². The van der Waals surface area contributed by atoms with Gasteiger partial charge in [-0.1, -0.05) is 44.7 Å². The van der Waals surface area contributed by atoms with E-state index in [9.17, 15) is 0 Å². The van der Waals surface area contributed by atoms with E-state index < -0.39 is 0 Å². The molecule has 1 nitrogen and oxygen atoms in total. The van der Waals surface area contributed by atoms with Crippen molar-refractivity contribution in [2.75, 3.05) is 10.7 Å². The lowest BCUT2D eigenvalue weighted by atomic mass is 9.75. The highest BCUT2D eigenvalue weighted by Crippen LogP contribution is 2.45. The van der Waals surface area contributed by atoms with Crippen LogP contribution in [0.3, 0.4) is 0 Å². The zero-order valence-corrected chi connectivity index (χ0v) is 14.2. The van der Waals surface area contributed by atoms with Crippen LogP contribution in [0, 0.1) is 18.3 Å². The Morgan fingerprint density at radius 3 is 2.47 bits per heavy atom. The van der Waals surface area contributed by atoms with Crippen molar-refractivity contribution in [1.29, 1.82) is 0 Å². The van der Waals surface area contributed by atoms with Crippen molar-refractivity contribution in [3.05, 3.63) is 16.1 Å². The van der Waals surface area contributed by atoms with Crippen LogP contribution < -0.4 is 0 Å². The summed E-state index contributed by atoms with van der Waals surface area (Å²) in [5.41, 5.74) is 0.384. The normalized spacial score (nSPS) is 17.8. The molecule has 1 saturated carbocycles. The fourth-order valence-corrected chi connectivity index (χ4v) is 6.06. The van der Waals surface area contributed by atoms with Gasteiger partial charge in [-0.2, -0.15) is 0 Å². The minimum atomic E-state index is 0.384. The predicted molar refractivity (Wildman–Crippen MR) is 82.5 cm³/mol. The van der Waals surface area contributed by atoms with Crippen LogP contribution in [-0.2, 0) is 6.42 Å². The van der Waals surface area contributed by atoms with Crippen LogP contribution in [0.15, 0.2) is 6.20 Å². The van der Waals surface area contributed by atoms with Gasteiger partial charge in [-0.25, -0.2) is 4.98 Å². The van der Waals surface area contributed by atoms with E-state index in [-0.39, 0.29) is 0 Å². The first-order chi connectivity index (χ1) is 8.20. The van der Waals surface area contributed by atoms with E-state index in [2.05, 4.69) is 50.0 Å². The van der Waals surface area contributed by atoms with Crippen LogP contribution in [0.4, 0.5) is 0 Å². The first-order valence-corrected chi connectivity index (χ1v) is 9.29. The van der Waals surface area contributed by atoms with Gasteiger partial charge in [0.1, 0.15) is 0 Å². The minimum absolute atomic E-state index is 0.384. The number of thiazole rings is 1. The van der Waals surface area contributed by atoms with Gasteiger partial charge in [-0.15, -0.1) is 11.3 Å². The molecule has 1 aliphatic rings. The highest BCUT2D eigenvalue weighted by Gasteiger charge is 2.38. The first-order valence-electron chi connectivity index (χ1n) is 6.23. The second-order valence-corrected chi connectivity index (χ2v) is 7.57. The van der Waals surface area contributed by atoms with E-state index in [1.807, 2.05) is 11.3 Å². The number of alkyl halides is 2. The van der Waals surface area contributed by atoms with Crippen LogP contribution in [0.5, 0.6) is 0 Å². The molecule has 1 aliphatic carbocycles. The third-order valence-electron chi connectivity index (χ3n) is 3.95. The molecule has 1 fully saturated rings. The van der Waals surface area contributed by atoms with E-state index in [0.717, 1.165) is 16.6 Å². The molecular weight excluding hydrogens is 362 g/mol. The Labute approximate surface area is 125 Å². The Bertz CT molecular complexity index is 354. The van der Waals surface area contributed by atoms with Crippen LogP contribution in [0.25, 0.3) is 0 Å². The number of aryl methyl sites for hydroxylation is 1. The number of nitrogens with zero attached hydrogens (tertiary/aromatic N) is 1. The molecule has 0 radical (unpaired) electrons. The van der Waals surface area contributed by atoms with Gasteiger partial charge in [0.25, 0.3) is 0 Å². The molecule has 0 bridgehead atoms. The number of halogens is 2. The average Bonchev–Trinajstić information content (AvgIpc) is 2.98. The van der Waals surface area contributed by atoms with Crippen LogP contribution >= 0.6 is 43.2 Å². The zero-order chi connectivity index (χ0) is 12.3. The maximum atomic E-state index is 4.38. The Balaban J connectivity index is 2.15. The van der Waals surface area contributed by atoms with E-state index in [1.165, 1.54) is 42.0 Å². The molecule has 0 aliphatic heterocycles. The highest BCUT2D eigenvalue weighted by atomic mass is 79.9. The maximum absolute atomic E-state index is 4.38. The van der Waals surface area contributed by atoms with Gasteiger partial charge in [0, 0.05) is 21.7 Å². The molecule has 0 aromatic carbocycles. The summed E-state index contributed by atoms with van der Waals surface area (Å²) in [6.07, 6.45) is 8.85. The number of aromatic nitrogens is 1. The molecule has 1 aromatic rings. The molecule has 96 valence electrons. The fourth-order valence-electron chi connectivity index (χ4n) is 2.86. The molecule has 0 saturated heterocycles. The van der Waals surface area contributed by atoms with Gasteiger partial charge in [-0.05, 0) is 37.5 Å². The van der Waals surface area contributed by atoms with E-state index >= 15 is 0 Å². The Kier molecular flexibility index (Phi) is 5.07. The smallest absolute Gasteiger partial charge is 0.0896 e. The summed E-state index contributed by atoms with van der Waals surface area (Å²) in [5.74, 6) is 0.864. The van der Waals surface area contributed by atoms with Gasteiger partial charge >= 0.3 is 0 Å². The molecule has 0 unspecified atom stereocenters. The first kappa shape index (κ1) is 14.0. The van der Waals surface area contributed by atoms with Crippen molar-refractivity contribution in [1.82, 2.24) is 4.98 Å². The standard InChI is InChI=1S/C13H19Br2NS/c1-10-16-7-12(17-10)6-13(8-14,9-15)11-4-2-3-5-11/h7,11H,2-6,8-9H2,1H3. The van der Waals surface area contributed by atoms with Gasteiger partial charge in [0.05, 0.1) is 5.01 Å². The van der Waals surface area contributed by atoms with Gasteiger partial charge in [-0.3, -0.25) is 0 Å². The Hall–Kier alpha value is 0.590. The van der Waals surface area contributed by atoms with Crippen LogP contribution in [0.1, 0.15) is 35.6 Å². The molecule has 1 heterocycles. The molecule has 4 heteroatoms. The summed E-state index contributed by atoms with van der Waals surface area (Å²) in [5, 5.41) is 3.36. The predicted octanol–water partition coefficient (Wildman–Crippen LogP) is 4.96. The van der Waals surface area contributed by atoms with Crippen molar-refractivity contribution >= 4 is 43.2 Å². The van der Waals surface area contributed by atoms with E-state index in [0.29, 0.717) is 5.41 Å². The molecular formula is C13H19Br2NS. The van der Waals surface area contributed by atoms with Crippen molar-refractivity contribution in [3.8, 4) is 0 Å². The fraction of sp³-hybridized carbons (Fsp3) is 0.769. The summed E-state index contributed by atoms with van der Waals surface area (Å²) in [6.45, 7) is 2.09. The van der Waals surface area contributed by atoms with Crippen molar-refractivity contribution in [2.45, 2.75) is 39.0 Å². The summed E-state index contributed by atoms with van der Waals surface area (Å²) in [6, 6.07) is 0. The lowest BCUT2D eigenvalue weighted by Gasteiger charge is -2.36. The average molecular weight is 381 g/mol. The Morgan fingerprint density at radius 2 is 2.00 bits per heavy atom.